The number of methoxy groups -OCH3 is 1. The van der Waals surface area contributed by atoms with Gasteiger partial charge in [0, 0.05) is 39.2 Å². The quantitative estimate of drug-likeness (QED) is 0.770. The molecule has 154 valence electrons. The zero-order valence-electron chi connectivity index (χ0n) is 16.8. The number of carbonyl (C=O) groups excluding carboxylic acids is 1. The van der Waals surface area contributed by atoms with E-state index in [1.165, 1.54) is 25.3 Å². The molecular formula is C23H26F2N2O2. The molecule has 2 aromatic rings. The lowest BCUT2D eigenvalue weighted by Gasteiger charge is -2.30. The summed E-state index contributed by atoms with van der Waals surface area (Å²) < 4.78 is 32.5. The number of rotatable bonds is 5. The number of ether oxygens (including phenoxy) is 1. The van der Waals surface area contributed by atoms with Crippen LogP contribution in [0.25, 0.3) is 0 Å². The zero-order chi connectivity index (χ0) is 20.5. The van der Waals surface area contributed by atoms with E-state index in [2.05, 4.69) is 4.90 Å². The van der Waals surface area contributed by atoms with Crippen LogP contribution in [0.15, 0.2) is 42.5 Å². The fraction of sp³-hybridized carbons (Fsp3) is 0.435. The first-order valence-electron chi connectivity index (χ1n) is 9.97. The number of benzene rings is 2. The van der Waals surface area contributed by atoms with Crippen molar-refractivity contribution in [3.8, 4) is 0 Å². The second-order valence-electron chi connectivity index (χ2n) is 8.18. The SMILES string of the molecule is COCC(=O)N1C[C@H]2CN(Cc3ccc(F)c(C)c3)C[C@H]2[C@@H]1c1cccc(F)c1. The van der Waals surface area contributed by atoms with Crippen LogP contribution in [0.4, 0.5) is 8.78 Å². The van der Waals surface area contributed by atoms with Gasteiger partial charge < -0.3 is 9.64 Å². The molecule has 2 saturated heterocycles. The molecule has 3 atom stereocenters. The van der Waals surface area contributed by atoms with Gasteiger partial charge in [-0.15, -0.1) is 0 Å². The van der Waals surface area contributed by atoms with E-state index >= 15 is 0 Å². The maximum absolute atomic E-state index is 13.9. The van der Waals surface area contributed by atoms with E-state index in [9.17, 15) is 13.6 Å². The third kappa shape index (κ3) is 4.05. The smallest absolute Gasteiger partial charge is 0.249 e. The monoisotopic (exact) mass is 400 g/mol. The molecule has 0 bridgehead atoms. The van der Waals surface area contributed by atoms with E-state index in [0.29, 0.717) is 18.0 Å². The van der Waals surface area contributed by atoms with Crippen LogP contribution in [0.3, 0.4) is 0 Å². The van der Waals surface area contributed by atoms with Crippen molar-refractivity contribution in [1.29, 1.82) is 0 Å². The van der Waals surface area contributed by atoms with Gasteiger partial charge in [-0.2, -0.15) is 0 Å². The zero-order valence-corrected chi connectivity index (χ0v) is 16.8. The number of aryl methyl sites for hydroxylation is 1. The van der Waals surface area contributed by atoms with Crippen LogP contribution >= 0.6 is 0 Å². The van der Waals surface area contributed by atoms with E-state index in [-0.39, 0.29) is 36.1 Å². The van der Waals surface area contributed by atoms with Crippen molar-refractivity contribution in [3.63, 3.8) is 0 Å². The Labute approximate surface area is 170 Å². The van der Waals surface area contributed by atoms with Gasteiger partial charge >= 0.3 is 0 Å². The molecule has 6 heteroatoms. The molecule has 0 aromatic heterocycles. The maximum Gasteiger partial charge on any atom is 0.249 e. The normalized spacial score (nSPS) is 24.1. The van der Waals surface area contributed by atoms with Crippen molar-refractivity contribution >= 4 is 5.91 Å². The van der Waals surface area contributed by atoms with Gasteiger partial charge in [-0.25, -0.2) is 8.78 Å². The number of halogens is 2. The molecule has 2 fully saturated rings. The van der Waals surface area contributed by atoms with Gasteiger partial charge in [0.15, 0.2) is 0 Å². The van der Waals surface area contributed by atoms with Crippen LogP contribution in [0, 0.1) is 30.4 Å². The highest BCUT2D eigenvalue weighted by Crippen LogP contribution is 2.45. The first kappa shape index (κ1) is 20.0. The van der Waals surface area contributed by atoms with Gasteiger partial charge in [-0.05, 0) is 47.7 Å². The highest BCUT2D eigenvalue weighted by molar-refractivity contribution is 5.78. The minimum absolute atomic E-state index is 0.0316. The van der Waals surface area contributed by atoms with Crippen LogP contribution in [-0.4, -0.2) is 49.1 Å². The summed E-state index contributed by atoms with van der Waals surface area (Å²) in [7, 11) is 1.51. The van der Waals surface area contributed by atoms with Crippen LogP contribution in [0.5, 0.6) is 0 Å². The third-order valence-electron chi connectivity index (χ3n) is 6.15. The summed E-state index contributed by atoms with van der Waals surface area (Å²) >= 11 is 0. The van der Waals surface area contributed by atoms with Crippen molar-refractivity contribution in [1.82, 2.24) is 9.80 Å². The maximum atomic E-state index is 13.9. The summed E-state index contributed by atoms with van der Waals surface area (Å²) in [5, 5.41) is 0. The van der Waals surface area contributed by atoms with E-state index < -0.39 is 0 Å². The van der Waals surface area contributed by atoms with Gasteiger partial charge in [0.05, 0.1) is 6.04 Å². The summed E-state index contributed by atoms with van der Waals surface area (Å²) in [6.07, 6.45) is 0. The van der Waals surface area contributed by atoms with Crippen LogP contribution in [0.1, 0.15) is 22.7 Å². The Morgan fingerprint density at radius 3 is 2.69 bits per heavy atom. The van der Waals surface area contributed by atoms with Gasteiger partial charge in [-0.1, -0.05) is 24.3 Å². The molecule has 4 nitrogen and oxygen atoms in total. The Bertz CT molecular complexity index is 904. The highest BCUT2D eigenvalue weighted by atomic mass is 19.1. The Kier molecular flexibility index (Phi) is 5.65. The van der Waals surface area contributed by atoms with Crippen molar-refractivity contribution in [2.45, 2.75) is 19.5 Å². The summed E-state index contributed by atoms with van der Waals surface area (Å²) in [4.78, 5) is 16.9. The minimum Gasteiger partial charge on any atom is -0.375 e. The van der Waals surface area contributed by atoms with E-state index in [1.807, 2.05) is 23.1 Å². The fourth-order valence-electron chi connectivity index (χ4n) is 4.91. The van der Waals surface area contributed by atoms with Crippen molar-refractivity contribution in [2.75, 3.05) is 33.4 Å². The fourth-order valence-corrected chi connectivity index (χ4v) is 4.91. The number of nitrogens with zero attached hydrogens (tertiary/aromatic N) is 2. The molecule has 2 aliphatic heterocycles. The molecule has 2 heterocycles. The largest absolute Gasteiger partial charge is 0.375 e. The Morgan fingerprint density at radius 1 is 1.14 bits per heavy atom. The predicted molar refractivity (Wildman–Crippen MR) is 106 cm³/mol. The topological polar surface area (TPSA) is 32.8 Å². The van der Waals surface area contributed by atoms with Crippen LogP contribution < -0.4 is 0 Å². The molecule has 0 N–H and O–H groups in total. The number of carbonyl (C=O) groups is 1. The molecule has 4 rings (SSSR count). The average molecular weight is 400 g/mol. The number of amides is 1. The lowest BCUT2D eigenvalue weighted by atomic mass is 9.89. The second-order valence-corrected chi connectivity index (χ2v) is 8.18. The lowest BCUT2D eigenvalue weighted by molar-refractivity contribution is -0.136. The Balaban J connectivity index is 1.55. The molecule has 0 unspecified atom stereocenters. The Hall–Kier alpha value is -2.31. The second kappa shape index (κ2) is 8.20. The van der Waals surface area contributed by atoms with E-state index in [4.69, 9.17) is 4.74 Å². The molecule has 29 heavy (non-hydrogen) atoms. The third-order valence-corrected chi connectivity index (χ3v) is 6.15. The standard InChI is InChI=1S/C23H26F2N2O2/c1-15-8-16(6-7-21(15)25)10-26-11-18-12-27(22(28)14-29-2)23(20(18)13-26)17-4-3-5-19(24)9-17/h3-9,18,20,23H,10-14H2,1-2H3/t18-,20-,23+/m1/s1. The molecule has 2 aromatic carbocycles. The molecule has 2 aliphatic rings. The average Bonchev–Trinajstić information content (AvgIpc) is 3.22. The summed E-state index contributed by atoms with van der Waals surface area (Å²) in [5.74, 6) is 0.0221. The van der Waals surface area contributed by atoms with Gasteiger partial charge in [-0.3, -0.25) is 9.69 Å². The number of fused-ring (bicyclic) bond motifs is 1. The first-order chi connectivity index (χ1) is 14.0. The molecule has 1 amide bonds. The van der Waals surface area contributed by atoms with Crippen LogP contribution in [0.2, 0.25) is 0 Å². The molecule has 0 saturated carbocycles. The molecular weight excluding hydrogens is 374 g/mol. The van der Waals surface area contributed by atoms with Crippen molar-refractivity contribution < 1.29 is 18.3 Å². The molecule has 0 aliphatic carbocycles. The van der Waals surface area contributed by atoms with Crippen molar-refractivity contribution in [3.05, 3.63) is 70.8 Å². The van der Waals surface area contributed by atoms with Gasteiger partial charge in [0.25, 0.3) is 0 Å². The van der Waals surface area contributed by atoms with E-state index in [1.54, 1.807) is 13.0 Å². The lowest BCUT2D eigenvalue weighted by Crippen LogP contribution is -2.37. The minimum atomic E-state index is -0.290. The molecule has 0 spiro atoms. The Morgan fingerprint density at radius 2 is 1.97 bits per heavy atom. The number of hydrogen-bond donors (Lipinski definition) is 0. The van der Waals surface area contributed by atoms with Gasteiger partial charge in [0.2, 0.25) is 5.91 Å². The number of likely N-dealkylation sites (tertiary alicyclic amines) is 2. The van der Waals surface area contributed by atoms with Crippen molar-refractivity contribution in [2.24, 2.45) is 11.8 Å². The highest BCUT2D eigenvalue weighted by Gasteiger charge is 2.48. The molecule has 0 radical (unpaired) electrons. The number of hydrogen-bond acceptors (Lipinski definition) is 3. The summed E-state index contributed by atoms with van der Waals surface area (Å²) in [6.45, 7) is 4.88. The summed E-state index contributed by atoms with van der Waals surface area (Å²) in [5.41, 5.74) is 2.57. The predicted octanol–water partition coefficient (Wildman–Crippen LogP) is 3.55. The summed E-state index contributed by atoms with van der Waals surface area (Å²) in [6, 6.07) is 11.6. The first-order valence-corrected chi connectivity index (χ1v) is 9.97. The van der Waals surface area contributed by atoms with E-state index in [0.717, 1.165) is 30.8 Å². The van der Waals surface area contributed by atoms with Crippen LogP contribution in [-0.2, 0) is 16.1 Å². The van der Waals surface area contributed by atoms with Gasteiger partial charge in [0.1, 0.15) is 18.2 Å².